The van der Waals surface area contributed by atoms with Crippen LogP contribution in [0.3, 0.4) is 0 Å². The molecular formula is C19H30ClN3O2. The highest BCUT2D eigenvalue weighted by molar-refractivity contribution is 6.02. The zero-order valence-electron chi connectivity index (χ0n) is 15.5. The summed E-state index contributed by atoms with van der Waals surface area (Å²) >= 11 is 0. The van der Waals surface area contributed by atoms with Gasteiger partial charge < -0.3 is 15.2 Å². The van der Waals surface area contributed by atoms with E-state index in [1.807, 2.05) is 11.8 Å². The van der Waals surface area contributed by atoms with Crippen LogP contribution in [0.4, 0.5) is 0 Å². The first-order chi connectivity index (χ1) is 11.5. The standard InChI is InChI=1S/C19H29N3O2.ClH/c1-4-5-16-17(13(3)23)12(2)21-18(16)19(24)22-8-6-14-10-20-11-15(14)7-9-22;/h14-15,20-21H,4-11H2,1-3H3;1H/t14-,15+;. The molecule has 3 heterocycles. The van der Waals surface area contributed by atoms with Crippen LogP contribution in [0.15, 0.2) is 0 Å². The lowest BCUT2D eigenvalue weighted by atomic mass is 9.92. The number of aromatic amines is 1. The van der Waals surface area contributed by atoms with Crippen LogP contribution in [0, 0.1) is 18.8 Å². The van der Waals surface area contributed by atoms with Crippen LogP contribution < -0.4 is 5.32 Å². The van der Waals surface area contributed by atoms with Crippen LogP contribution >= 0.6 is 12.4 Å². The number of rotatable bonds is 4. The molecule has 0 radical (unpaired) electrons. The third-order valence-electron chi connectivity index (χ3n) is 5.66. The van der Waals surface area contributed by atoms with E-state index >= 15 is 0 Å². The molecule has 2 saturated heterocycles. The van der Waals surface area contributed by atoms with Crippen molar-refractivity contribution in [3.63, 3.8) is 0 Å². The van der Waals surface area contributed by atoms with Gasteiger partial charge in [0.25, 0.3) is 5.91 Å². The van der Waals surface area contributed by atoms with Gasteiger partial charge in [0.05, 0.1) is 0 Å². The van der Waals surface area contributed by atoms with Crippen molar-refractivity contribution in [2.45, 2.75) is 46.5 Å². The molecule has 1 aromatic rings. The summed E-state index contributed by atoms with van der Waals surface area (Å²) in [5.41, 5.74) is 3.10. The predicted molar refractivity (Wildman–Crippen MR) is 102 cm³/mol. The average Bonchev–Trinajstić information content (AvgIpc) is 3.06. The van der Waals surface area contributed by atoms with Crippen molar-refractivity contribution in [1.82, 2.24) is 15.2 Å². The highest BCUT2D eigenvalue weighted by Gasteiger charge is 2.33. The molecule has 0 spiro atoms. The molecule has 6 heteroatoms. The van der Waals surface area contributed by atoms with Gasteiger partial charge in [0.1, 0.15) is 5.69 Å². The van der Waals surface area contributed by atoms with Crippen molar-refractivity contribution in [3.8, 4) is 0 Å². The summed E-state index contributed by atoms with van der Waals surface area (Å²) in [6.45, 7) is 9.38. The Balaban J connectivity index is 0.00000225. The van der Waals surface area contributed by atoms with Crippen LogP contribution in [0.25, 0.3) is 0 Å². The van der Waals surface area contributed by atoms with E-state index in [-0.39, 0.29) is 24.1 Å². The molecule has 0 bridgehead atoms. The molecular weight excluding hydrogens is 338 g/mol. The smallest absolute Gasteiger partial charge is 0.270 e. The fraction of sp³-hybridized carbons (Fsp3) is 0.684. The summed E-state index contributed by atoms with van der Waals surface area (Å²) in [4.78, 5) is 30.3. The number of hydrogen-bond donors (Lipinski definition) is 2. The Kier molecular flexibility index (Phi) is 6.69. The summed E-state index contributed by atoms with van der Waals surface area (Å²) in [5, 5.41) is 3.47. The van der Waals surface area contributed by atoms with E-state index in [1.165, 1.54) is 0 Å². The first-order valence-electron chi connectivity index (χ1n) is 9.25. The lowest BCUT2D eigenvalue weighted by Gasteiger charge is -2.21. The maximum atomic E-state index is 13.1. The number of aromatic nitrogens is 1. The number of hydrogen-bond acceptors (Lipinski definition) is 3. The van der Waals surface area contributed by atoms with Gasteiger partial charge in [-0.2, -0.15) is 0 Å². The summed E-state index contributed by atoms with van der Waals surface area (Å²) in [6.07, 6.45) is 3.84. The second-order valence-electron chi connectivity index (χ2n) is 7.33. The van der Waals surface area contributed by atoms with Gasteiger partial charge in [-0.3, -0.25) is 9.59 Å². The van der Waals surface area contributed by atoms with Crippen molar-refractivity contribution < 1.29 is 9.59 Å². The minimum absolute atomic E-state index is 0. The molecule has 0 unspecified atom stereocenters. The van der Waals surface area contributed by atoms with Crippen molar-refractivity contribution in [3.05, 3.63) is 22.5 Å². The third kappa shape index (κ3) is 3.93. The van der Waals surface area contributed by atoms with Gasteiger partial charge in [0.2, 0.25) is 0 Å². The van der Waals surface area contributed by atoms with Crippen molar-refractivity contribution >= 4 is 24.1 Å². The summed E-state index contributed by atoms with van der Waals surface area (Å²) in [7, 11) is 0. The molecule has 25 heavy (non-hydrogen) atoms. The fourth-order valence-corrected chi connectivity index (χ4v) is 4.42. The normalized spacial score (nSPS) is 22.9. The van der Waals surface area contributed by atoms with Crippen LogP contribution in [-0.2, 0) is 6.42 Å². The quantitative estimate of drug-likeness (QED) is 0.804. The monoisotopic (exact) mass is 367 g/mol. The molecule has 0 aromatic carbocycles. The Morgan fingerprint density at radius 1 is 1.16 bits per heavy atom. The van der Waals surface area contributed by atoms with E-state index < -0.39 is 0 Å². The number of H-pyrrole nitrogens is 1. The molecule has 2 atom stereocenters. The van der Waals surface area contributed by atoms with Gasteiger partial charge in [-0.05, 0) is 63.6 Å². The molecule has 3 rings (SSSR count). The number of ketones is 1. The first kappa shape index (κ1) is 20.0. The second kappa shape index (κ2) is 8.37. The van der Waals surface area contributed by atoms with Crippen molar-refractivity contribution in [2.24, 2.45) is 11.8 Å². The Hall–Kier alpha value is -1.33. The van der Waals surface area contributed by atoms with Crippen molar-refractivity contribution in [2.75, 3.05) is 26.2 Å². The lowest BCUT2D eigenvalue weighted by molar-refractivity contribution is 0.0752. The predicted octanol–water partition coefficient (Wildman–Crippen LogP) is 2.97. The minimum atomic E-state index is 0. The largest absolute Gasteiger partial charge is 0.354 e. The SMILES string of the molecule is CCCc1c(C(=O)N2CC[C@@H]3CNC[C@@H]3CC2)[nH]c(C)c1C(C)=O.Cl. The lowest BCUT2D eigenvalue weighted by Crippen LogP contribution is -2.33. The maximum absolute atomic E-state index is 13.1. The van der Waals surface area contributed by atoms with E-state index in [0.717, 1.165) is 68.7 Å². The van der Waals surface area contributed by atoms with Crippen LogP contribution in [-0.4, -0.2) is 47.8 Å². The van der Waals surface area contributed by atoms with E-state index in [0.29, 0.717) is 17.5 Å². The van der Waals surface area contributed by atoms with Crippen LogP contribution in [0.2, 0.25) is 0 Å². The van der Waals surface area contributed by atoms with Gasteiger partial charge in [-0.15, -0.1) is 12.4 Å². The molecule has 140 valence electrons. The molecule has 0 saturated carbocycles. The van der Waals surface area contributed by atoms with E-state index in [9.17, 15) is 9.59 Å². The molecule has 1 amide bonds. The average molecular weight is 368 g/mol. The molecule has 2 aliphatic heterocycles. The van der Waals surface area contributed by atoms with Gasteiger partial charge in [0, 0.05) is 24.3 Å². The molecule has 0 aliphatic carbocycles. The zero-order valence-corrected chi connectivity index (χ0v) is 16.3. The Labute approximate surface area is 156 Å². The molecule has 2 aliphatic rings. The topological polar surface area (TPSA) is 65.2 Å². The van der Waals surface area contributed by atoms with Gasteiger partial charge in [-0.1, -0.05) is 13.3 Å². The first-order valence-corrected chi connectivity index (χ1v) is 9.25. The Morgan fingerprint density at radius 2 is 1.76 bits per heavy atom. The highest BCUT2D eigenvalue weighted by Crippen LogP contribution is 2.29. The van der Waals surface area contributed by atoms with E-state index in [1.54, 1.807) is 6.92 Å². The Bertz CT molecular complexity index is 627. The fourth-order valence-electron chi connectivity index (χ4n) is 4.42. The number of aryl methyl sites for hydroxylation is 1. The maximum Gasteiger partial charge on any atom is 0.270 e. The summed E-state index contributed by atoms with van der Waals surface area (Å²) < 4.78 is 0. The number of nitrogens with zero attached hydrogens (tertiary/aromatic N) is 1. The summed E-state index contributed by atoms with van der Waals surface area (Å²) in [5.74, 6) is 1.52. The number of Topliss-reactive ketones (excluding diaryl/α,β-unsaturated/α-hetero) is 1. The molecule has 2 N–H and O–H groups in total. The summed E-state index contributed by atoms with van der Waals surface area (Å²) in [6, 6.07) is 0. The number of carbonyl (C=O) groups excluding carboxylic acids is 2. The van der Waals surface area contributed by atoms with Crippen molar-refractivity contribution in [1.29, 1.82) is 0 Å². The van der Waals surface area contributed by atoms with E-state index in [2.05, 4.69) is 17.2 Å². The number of halogens is 1. The van der Waals surface area contributed by atoms with E-state index in [4.69, 9.17) is 0 Å². The van der Waals surface area contributed by atoms with Gasteiger partial charge >= 0.3 is 0 Å². The Morgan fingerprint density at radius 3 is 2.28 bits per heavy atom. The molecule has 2 fully saturated rings. The number of nitrogens with one attached hydrogen (secondary N) is 2. The minimum Gasteiger partial charge on any atom is -0.354 e. The molecule has 1 aromatic heterocycles. The van der Waals surface area contributed by atoms with Crippen LogP contribution in [0.1, 0.15) is 65.2 Å². The van der Waals surface area contributed by atoms with Crippen LogP contribution in [0.5, 0.6) is 0 Å². The molecule has 5 nitrogen and oxygen atoms in total. The van der Waals surface area contributed by atoms with Gasteiger partial charge in [0.15, 0.2) is 5.78 Å². The number of carbonyl (C=O) groups is 2. The number of fused-ring (bicyclic) bond motifs is 1. The number of likely N-dealkylation sites (tertiary alicyclic amines) is 1. The highest BCUT2D eigenvalue weighted by atomic mass is 35.5. The number of amides is 1. The zero-order chi connectivity index (χ0) is 17.3. The third-order valence-corrected chi connectivity index (χ3v) is 5.66. The second-order valence-corrected chi connectivity index (χ2v) is 7.33. The van der Waals surface area contributed by atoms with Gasteiger partial charge in [-0.25, -0.2) is 0 Å².